The van der Waals surface area contributed by atoms with Crippen molar-refractivity contribution in [2.75, 3.05) is 13.2 Å². The Labute approximate surface area is 118 Å². The van der Waals surface area contributed by atoms with Crippen LogP contribution in [0.25, 0.3) is 0 Å². The Morgan fingerprint density at radius 3 is 2.89 bits per heavy atom. The van der Waals surface area contributed by atoms with E-state index in [1.807, 2.05) is 6.92 Å². The number of carbonyl (C=O) groups excluding carboxylic acids is 1. The van der Waals surface area contributed by atoms with Crippen LogP contribution in [0.2, 0.25) is 5.15 Å². The molecule has 0 aliphatic heterocycles. The fraction of sp³-hybridized carbons (Fsp3) is 0.571. The maximum atomic E-state index is 11.9. The number of pyridine rings is 1. The summed E-state index contributed by atoms with van der Waals surface area (Å²) >= 11 is 5.83. The second-order valence-electron chi connectivity index (χ2n) is 4.85. The van der Waals surface area contributed by atoms with Gasteiger partial charge in [-0.25, -0.2) is 4.98 Å². The number of amides is 1. The number of hydrogen-bond donors (Lipinski definition) is 1. The number of aryl methyl sites for hydroxylation is 1. The summed E-state index contributed by atoms with van der Waals surface area (Å²) in [7, 11) is 0. The number of nitrogens with zero attached hydrogens (tertiary/aromatic N) is 1. The minimum Gasteiger partial charge on any atom is -0.376 e. The van der Waals surface area contributed by atoms with Gasteiger partial charge in [0.2, 0.25) is 0 Å². The van der Waals surface area contributed by atoms with E-state index in [-0.39, 0.29) is 5.91 Å². The van der Waals surface area contributed by atoms with Crippen molar-refractivity contribution < 1.29 is 9.53 Å². The highest BCUT2D eigenvalue weighted by atomic mass is 35.5. The summed E-state index contributed by atoms with van der Waals surface area (Å²) in [4.78, 5) is 15.9. The lowest BCUT2D eigenvalue weighted by Crippen LogP contribution is -2.28. The van der Waals surface area contributed by atoms with Crippen LogP contribution in [0, 0.1) is 6.92 Å². The molecule has 1 saturated carbocycles. The highest BCUT2D eigenvalue weighted by Crippen LogP contribution is 2.20. The predicted molar refractivity (Wildman–Crippen MR) is 74.5 cm³/mol. The van der Waals surface area contributed by atoms with Crippen LogP contribution in [0.1, 0.15) is 41.7 Å². The van der Waals surface area contributed by atoms with Crippen molar-refractivity contribution in [2.45, 2.75) is 38.7 Å². The zero-order valence-corrected chi connectivity index (χ0v) is 11.9. The van der Waals surface area contributed by atoms with Crippen LogP contribution in [0.3, 0.4) is 0 Å². The molecule has 1 amide bonds. The van der Waals surface area contributed by atoms with Crippen LogP contribution >= 0.6 is 11.6 Å². The first-order valence-electron chi connectivity index (χ1n) is 6.69. The van der Waals surface area contributed by atoms with E-state index in [0.717, 1.165) is 18.5 Å². The van der Waals surface area contributed by atoms with Crippen molar-refractivity contribution in [3.05, 3.63) is 28.5 Å². The molecule has 0 saturated heterocycles. The zero-order valence-electron chi connectivity index (χ0n) is 11.1. The van der Waals surface area contributed by atoms with Gasteiger partial charge in [-0.1, -0.05) is 24.4 Å². The molecule has 0 atom stereocenters. The van der Waals surface area contributed by atoms with Gasteiger partial charge in [-0.3, -0.25) is 4.79 Å². The largest absolute Gasteiger partial charge is 0.376 e. The number of rotatable bonds is 5. The van der Waals surface area contributed by atoms with Crippen LogP contribution in [-0.2, 0) is 4.74 Å². The lowest BCUT2D eigenvalue weighted by atomic mass is 10.2. The van der Waals surface area contributed by atoms with Crippen LogP contribution in [0.4, 0.5) is 0 Å². The number of nitrogens with one attached hydrogen (secondary N) is 1. The molecular weight excluding hydrogens is 264 g/mol. The topological polar surface area (TPSA) is 51.2 Å². The third-order valence-electron chi connectivity index (χ3n) is 3.23. The molecule has 1 N–H and O–H groups in total. The smallest absolute Gasteiger partial charge is 0.251 e. The Morgan fingerprint density at radius 2 is 2.21 bits per heavy atom. The lowest BCUT2D eigenvalue weighted by molar-refractivity contribution is 0.0582. The van der Waals surface area contributed by atoms with Crippen LogP contribution in [0.5, 0.6) is 0 Å². The van der Waals surface area contributed by atoms with Crippen molar-refractivity contribution in [2.24, 2.45) is 0 Å². The first-order valence-corrected chi connectivity index (χ1v) is 7.07. The Bertz CT molecular complexity index is 425. The number of aromatic nitrogens is 1. The maximum absolute atomic E-state index is 11.9. The van der Waals surface area contributed by atoms with Gasteiger partial charge >= 0.3 is 0 Å². The molecule has 0 unspecified atom stereocenters. The fourth-order valence-corrected chi connectivity index (χ4v) is 2.56. The molecule has 1 aromatic rings. The van der Waals surface area contributed by atoms with E-state index in [2.05, 4.69) is 10.3 Å². The quantitative estimate of drug-likeness (QED) is 0.667. The molecule has 4 nitrogen and oxygen atoms in total. The minimum absolute atomic E-state index is 0.137. The first-order chi connectivity index (χ1) is 9.15. The Balaban J connectivity index is 1.74. The summed E-state index contributed by atoms with van der Waals surface area (Å²) in [5.74, 6) is -0.137. The molecule has 19 heavy (non-hydrogen) atoms. The third-order valence-corrected chi connectivity index (χ3v) is 3.42. The van der Waals surface area contributed by atoms with Gasteiger partial charge in [-0.2, -0.15) is 0 Å². The molecule has 2 rings (SSSR count). The molecule has 1 heterocycles. The summed E-state index contributed by atoms with van der Waals surface area (Å²) in [6.45, 7) is 2.90. The van der Waals surface area contributed by atoms with E-state index < -0.39 is 0 Å². The molecule has 0 aromatic carbocycles. The second-order valence-corrected chi connectivity index (χ2v) is 5.24. The van der Waals surface area contributed by atoms with Crippen molar-refractivity contribution in [1.82, 2.24) is 10.3 Å². The normalized spacial score (nSPS) is 15.7. The molecule has 1 fully saturated rings. The van der Waals surface area contributed by atoms with Gasteiger partial charge in [0.1, 0.15) is 5.15 Å². The average Bonchev–Trinajstić information content (AvgIpc) is 2.86. The predicted octanol–water partition coefficient (Wildman–Crippen LogP) is 2.73. The summed E-state index contributed by atoms with van der Waals surface area (Å²) in [6.07, 6.45) is 5.19. The monoisotopic (exact) mass is 282 g/mol. The van der Waals surface area contributed by atoms with Gasteiger partial charge < -0.3 is 10.1 Å². The van der Waals surface area contributed by atoms with Crippen LogP contribution in [-0.4, -0.2) is 30.1 Å². The second kappa shape index (κ2) is 6.87. The van der Waals surface area contributed by atoms with E-state index in [1.54, 1.807) is 12.1 Å². The standard InChI is InChI=1S/C14H19ClN2O2/c1-10-8-11(9-13(15)17-10)14(18)16-6-7-19-12-4-2-3-5-12/h8-9,12H,2-7H2,1H3,(H,16,18). The molecule has 1 aromatic heterocycles. The molecule has 0 radical (unpaired) electrons. The van der Waals surface area contributed by atoms with Gasteiger partial charge in [0.15, 0.2) is 0 Å². The number of halogens is 1. The molecule has 5 heteroatoms. The molecule has 0 spiro atoms. The maximum Gasteiger partial charge on any atom is 0.251 e. The lowest BCUT2D eigenvalue weighted by Gasteiger charge is -2.11. The van der Waals surface area contributed by atoms with Crippen molar-refractivity contribution in [3.63, 3.8) is 0 Å². The van der Waals surface area contributed by atoms with Gasteiger partial charge in [0.05, 0.1) is 12.7 Å². The highest BCUT2D eigenvalue weighted by molar-refractivity contribution is 6.29. The average molecular weight is 283 g/mol. The van der Waals surface area contributed by atoms with Crippen LogP contribution < -0.4 is 5.32 Å². The van der Waals surface area contributed by atoms with E-state index >= 15 is 0 Å². The number of carbonyl (C=O) groups is 1. The van der Waals surface area contributed by atoms with E-state index in [1.165, 1.54) is 12.8 Å². The third kappa shape index (κ3) is 4.48. The summed E-state index contributed by atoms with van der Waals surface area (Å²) in [5.41, 5.74) is 1.28. The Hall–Kier alpha value is -1.13. The molecule has 1 aliphatic carbocycles. The van der Waals surface area contributed by atoms with Gasteiger partial charge in [0, 0.05) is 17.8 Å². The van der Waals surface area contributed by atoms with Crippen molar-refractivity contribution in [3.8, 4) is 0 Å². The summed E-state index contributed by atoms with van der Waals surface area (Å²) in [5, 5.41) is 3.17. The SMILES string of the molecule is Cc1cc(C(=O)NCCOC2CCCC2)cc(Cl)n1. The molecule has 1 aliphatic rings. The first kappa shape index (κ1) is 14.3. The molecular formula is C14H19ClN2O2. The molecule has 0 bridgehead atoms. The van der Waals surface area contributed by atoms with E-state index in [9.17, 15) is 4.79 Å². The minimum atomic E-state index is -0.137. The summed E-state index contributed by atoms with van der Waals surface area (Å²) in [6, 6.07) is 3.29. The Morgan fingerprint density at radius 1 is 1.47 bits per heavy atom. The fourth-order valence-electron chi connectivity index (χ4n) is 2.31. The van der Waals surface area contributed by atoms with E-state index in [0.29, 0.717) is 30.0 Å². The van der Waals surface area contributed by atoms with Crippen molar-refractivity contribution >= 4 is 17.5 Å². The van der Waals surface area contributed by atoms with Gasteiger partial charge in [-0.15, -0.1) is 0 Å². The van der Waals surface area contributed by atoms with Crippen LogP contribution in [0.15, 0.2) is 12.1 Å². The molecule has 104 valence electrons. The number of ether oxygens (including phenoxy) is 1. The van der Waals surface area contributed by atoms with Crippen molar-refractivity contribution in [1.29, 1.82) is 0 Å². The highest BCUT2D eigenvalue weighted by Gasteiger charge is 2.15. The van der Waals surface area contributed by atoms with Gasteiger partial charge in [-0.05, 0) is 31.9 Å². The summed E-state index contributed by atoms with van der Waals surface area (Å²) < 4.78 is 5.68. The Kier molecular flexibility index (Phi) is 5.16. The zero-order chi connectivity index (χ0) is 13.7. The van der Waals surface area contributed by atoms with Gasteiger partial charge in [0.25, 0.3) is 5.91 Å². The van der Waals surface area contributed by atoms with E-state index in [4.69, 9.17) is 16.3 Å². The number of hydrogen-bond acceptors (Lipinski definition) is 3.